The zero-order chi connectivity index (χ0) is 24.4. The summed E-state index contributed by atoms with van der Waals surface area (Å²) in [6.45, 7) is 12.6. The van der Waals surface area contributed by atoms with Crippen LogP contribution in [0.15, 0.2) is 12.3 Å². The minimum atomic E-state index is 0.0600. The smallest absolute Gasteiger partial charge is 0.236 e. The van der Waals surface area contributed by atoms with Gasteiger partial charge in [-0.05, 0) is 32.8 Å². The maximum Gasteiger partial charge on any atom is 0.236 e. The van der Waals surface area contributed by atoms with Crippen molar-refractivity contribution in [2.75, 3.05) is 77.0 Å². The lowest BCUT2D eigenvalue weighted by Crippen LogP contribution is -2.54. The summed E-state index contributed by atoms with van der Waals surface area (Å²) in [5, 5.41) is 5.83. The molecule has 35 heavy (non-hydrogen) atoms. The molecule has 5 heterocycles. The van der Waals surface area contributed by atoms with Crippen molar-refractivity contribution in [2.24, 2.45) is 5.92 Å². The molecular formula is C25H37N7O3. The van der Waals surface area contributed by atoms with E-state index in [1.54, 1.807) is 0 Å². The van der Waals surface area contributed by atoms with Crippen molar-refractivity contribution in [3.63, 3.8) is 0 Å². The lowest BCUT2D eigenvalue weighted by Gasteiger charge is -2.39. The lowest BCUT2D eigenvalue weighted by molar-refractivity contribution is -0.139. The fourth-order valence-electron chi connectivity index (χ4n) is 5.56. The molecule has 5 rings (SSSR count). The molecule has 10 nitrogen and oxygen atoms in total. The zero-order valence-electron chi connectivity index (χ0n) is 21.0. The van der Waals surface area contributed by atoms with Gasteiger partial charge in [0.15, 0.2) is 5.82 Å². The van der Waals surface area contributed by atoms with Gasteiger partial charge in [-0.1, -0.05) is 0 Å². The van der Waals surface area contributed by atoms with Gasteiger partial charge in [-0.2, -0.15) is 5.10 Å². The average Bonchev–Trinajstić information content (AvgIpc) is 3.25. The number of aryl methyl sites for hydroxylation is 2. The van der Waals surface area contributed by atoms with Gasteiger partial charge in [0, 0.05) is 76.4 Å². The second-order valence-electron chi connectivity index (χ2n) is 9.79. The summed E-state index contributed by atoms with van der Waals surface area (Å²) >= 11 is 0. The van der Waals surface area contributed by atoms with E-state index in [-0.39, 0.29) is 17.7 Å². The van der Waals surface area contributed by atoms with Gasteiger partial charge in [-0.25, -0.2) is 4.98 Å². The summed E-state index contributed by atoms with van der Waals surface area (Å²) in [7, 11) is 0. The Hall–Kier alpha value is -2.72. The number of anilines is 1. The highest BCUT2D eigenvalue weighted by molar-refractivity contribution is 5.91. The van der Waals surface area contributed by atoms with Gasteiger partial charge in [0.25, 0.3) is 0 Å². The highest BCUT2D eigenvalue weighted by Crippen LogP contribution is 2.30. The van der Waals surface area contributed by atoms with Crippen LogP contribution in [-0.4, -0.2) is 113 Å². The van der Waals surface area contributed by atoms with E-state index in [2.05, 4.69) is 21.8 Å². The molecule has 0 bridgehead atoms. The standard InChI is InChI=1S/C25H37N7O3/c1-3-32-23-21(19(2)27-32)4-7-26-24(23)30-8-5-20(6-9-30)25(34)31-12-10-28(11-13-31)18-22(33)29-14-16-35-17-15-29/h4,7,20H,3,5-6,8-18H2,1-2H3. The number of hydrogen-bond acceptors (Lipinski definition) is 7. The molecule has 0 aromatic carbocycles. The van der Waals surface area contributed by atoms with Crippen LogP contribution in [0.25, 0.3) is 10.9 Å². The van der Waals surface area contributed by atoms with Crippen molar-refractivity contribution in [3.8, 4) is 0 Å². The molecule has 0 spiro atoms. The predicted octanol–water partition coefficient (Wildman–Crippen LogP) is 0.979. The highest BCUT2D eigenvalue weighted by Gasteiger charge is 2.32. The van der Waals surface area contributed by atoms with Gasteiger partial charge in [-0.3, -0.25) is 19.2 Å². The molecule has 0 N–H and O–H groups in total. The van der Waals surface area contributed by atoms with Gasteiger partial charge in [0.05, 0.1) is 25.5 Å². The number of piperazine rings is 1. The van der Waals surface area contributed by atoms with Crippen LogP contribution in [0, 0.1) is 12.8 Å². The number of nitrogens with zero attached hydrogens (tertiary/aromatic N) is 7. The van der Waals surface area contributed by atoms with Gasteiger partial charge >= 0.3 is 0 Å². The summed E-state index contributed by atoms with van der Waals surface area (Å²) in [4.78, 5) is 38.9. The van der Waals surface area contributed by atoms with E-state index in [9.17, 15) is 9.59 Å². The first-order valence-electron chi connectivity index (χ1n) is 13.0. The van der Waals surface area contributed by atoms with E-state index in [0.29, 0.717) is 45.9 Å². The van der Waals surface area contributed by atoms with Crippen molar-refractivity contribution >= 4 is 28.5 Å². The fraction of sp³-hybridized carbons (Fsp3) is 0.680. The minimum Gasteiger partial charge on any atom is -0.378 e. The van der Waals surface area contributed by atoms with Crippen LogP contribution >= 0.6 is 0 Å². The summed E-state index contributed by atoms with van der Waals surface area (Å²) in [5.74, 6) is 1.48. The summed E-state index contributed by atoms with van der Waals surface area (Å²) < 4.78 is 7.37. The van der Waals surface area contributed by atoms with E-state index >= 15 is 0 Å². The van der Waals surface area contributed by atoms with Crippen LogP contribution in [0.4, 0.5) is 5.82 Å². The summed E-state index contributed by atoms with van der Waals surface area (Å²) in [5.41, 5.74) is 2.13. The molecule has 0 radical (unpaired) electrons. The predicted molar refractivity (Wildman–Crippen MR) is 133 cm³/mol. The molecule has 0 atom stereocenters. The number of fused-ring (bicyclic) bond motifs is 1. The third-order valence-electron chi connectivity index (χ3n) is 7.67. The molecule has 0 unspecified atom stereocenters. The third kappa shape index (κ3) is 4.99. The lowest BCUT2D eigenvalue weighted by atomic mass is 9.94. The number of pyridine rings is 1. The normalized spacial score (nSPS) is 20.6. The number of morpholine rings is 1. The summed E-state index contributed by atoms with van der Waals surface area (Å²) in [6.07, 6.45) is 3.55. The Morgan fingerprint density at radius 2 is 1.71 bits per heavy atom. The van der Waals surface area contributed by atoms with Crippen LogP contribution in [0.3, 0.4) is 0 Å². The Balaban J connectivity index is 1.13. The summed E-state index contributed by atoms with van der Waals surface area (Å²) in [6, 6.07) is 2.04. The number of ether oxygens (including phenoxy) is 1. The van der Waals surface area contributed by atoms with Crippen molar-refractivity contribution in [2.45, 2.75) is 33.2 Å². The van der Waals surface area contributed by atoms with Crippen LogP contribution in [0.1, 0.15) is 25.5 Å². The molecule has 3 aliphatic rings. The number of aromatic nitrogens is 3. The van der Waals surface area contributed by atoms with Gasteiger partial charge in [0.1, 0.15) is 5.52 Å². The molecular weight excluding hydrogens is 446 g/mol. The Kier molecular flexibility index (Phi) is 7.19. The third-order valence-corrected chi connectivity index (χ3v) is 7.67. The minimum absolute atomic E-state index is 0.0600. The Labute approximate surface area is 206 Å². The molecule has 3 aliphatic heterocycles. The highest BCUT2D eigenvalue weighted by atomic mass is 16.5. The first-order valence-corrected chi connectivity index (χ1v) is 13.0. The number of piperidine rings is 1. The van der Waals surface area contributed by atoms with Crippen molar-refractivity contribution < 1.29 is 14.3 Å². The molecule has 10 heteroatoms. The quantitative estimate of drug-likeness (QED) is 0.627. The van der Waals surface area contributed by atoms with Crippen LogP contribution in [0.2, 0.25) is 0 Å². The van der Waals surface area contributed by atoms with Crippen LogP contribution < -0.4 is 4.90 Å². The molecule has 2 aromatic heterocycles. The number of carbonyl (C=O) groups excluding carboxylic acids is 2. The van der Waals surface area contributed by atoms with E-state index < -0.39 is 0 Å². The van der Waals surface area contributed by atoms with Gasteiger partial charge in [-0.15, -0.1) is 0 Å². The first kappa shape index (κ1) is 24.0. The Bertz CT molecular complexity index is 1050. The Morgan fingerprint density at radius 3 is 2.40 bits per heavy atom. The number of amides is 2. The first-order chi connectivity index (χ1) is 17.0. The molecule has 190 valence electrons. The maximum atomic E-state index is 13.3. The van der Waals surface area contributed by atoms with E-state index in [1.165, 1.54) is 0 Å². The van der Waals surface area contributed by atoms with E-state index in [0.717, 1.165) is 68.0 Å². The van der Waals surface area contributed by atoms with E-state index in [4.69, 9.17) is 9.72 Å². The Morgan fingerprint density at radius 1 is 1.00 bits per heavy atom. The van der Waals surface area contributed by atoms with Gasteiger partial charge in [0.2, 0.25) is 11.8 Å². The largest absolute Gasteiger partial charge is 0.378 e. The monoisotopic (exact) mass is 483 g/mol. The van der Waals surface area contributed by atoms with Gasteiger partial charge < -0.3 is 19.4 Å². The van der Waals surface area contributed by atoms with Crippen molar-refractivity contribution in [1.29, 1.82) is 0 Å². The zero-order valence-corrected chi connectivity index (χ0v) is 21.0. The maximum absolute atomic E-state index is 13.3. The van der Waals surface area contributed by atoms with Crippen LogP contribution in [0.5, 0.6) is 0 Å². The number of carbonyl (C=O) groups is 2. The SMILES string of the molecule is CCn1nc(C)c2ccnc(N3CCC(C(=O)N4CCN(CC(=O)N5CCOCC5)CC4)CC3)c21. The van der Waals surface area contributed by atoms with Crippen LogP contribution in [-0.2, 0) is 20.9 Å². The second kappa shape index (κ2) is 10.5. The second-order valence-corrected chi connectivity index (χ2v) is 9.79. The topological polar surface area (TPSA) is 87.0 Å². The number of hydrogen-bond donors (Lipinski definition) is 0. The molecule has 3 saturated heterocycles. The van der Waals surface area contributed by atoms with Crippen molar-refractivity contribution in [1.82, 2.24) is 29.5 Å². The molecule has 2 aromatic rings. The molecule has 2 amide bonds. The van der Waals surface area contributed by atoms with E-state index in [1.807, 2.05) is 33.7 Å². The fourth-order valence-corrected chi connectivity index (χ4v) is 5.56. The molecule has 3 fully saturated rings. The van der Waals surface area contributed by atoms with Crippen molar-refractivity contribution in [3.05, 3.63) is 18.0 Å². The molecule has 0 saturated carbocycles. The average molecular weight is 484 g/mol. The number of rotatable bonds is 5. The molecule has 0 aliphatic carbocycles.